The Labute approximate surface area is 147 Å². The Morgan fingerprint density at radius 3 is 2.88 bits per heavy atom. The Hall–Kier alpha value is -2.56. The summed E-state index contributed by atoms with van der Waals surface area (Å²) < 4.78 is 4.74. The number of carbonyl (C=O) groups excluding carboxylic acids is 2. The number of ether oxygens (including phenoxy) is 1. The van der Waals surface area contributed by atoms with Gasteiger partial charge in [0.05, 0.1) is 6.61 Å². The van der Waals surface area contributed by atoms with Gasteiger partial charge in [-0.05, 0) is 30.9 Å². The largest absolute Gasteiger partial charge is 0.457 e. The van der Waals surface area contributed by atoms with E-state index in [2.05, 4.69) is 28.4 Å². The van der Waals surface area contributed by atoms with Gasteiger partial charge in [-0.2, -0.15) is 4.79 Å². The van der Waals surface area contributed by atoms with Gasteiger partial charge in [-0.3, -0.25) is 9.69 Å². The summed E-state index contributed by atoms with van der Waals surface area (Å²) in [4.78, 5) is 28.9. The maximum atomic E-state index is 12.2. The van der Waals surface area contributed by atoms with Crippen molar-refractivity contribution in [3.05, 3.63) is 53.6 Å². The molecule has 1 heterocycles. The predicted molar refractivity (Wildman–Crippen MR) is 94.2 cm³/mol. The van der Waals surface area contributed by atoms with E-state index in [9.17, 15) is 9.59 Å². The minimum atomic E-state index is -0.887. The third-order valence-corrected chi connectivity index (χ3v) is 4.37. The van der Waals surface area contributed by atoms with Crippen molar-refractivity contribution in [2.24, 2.45) is 0 Å². The van der Waals surface area contributed by atoms with E-state index < -0.39 is 17.5 Å². The SMILES string of the molecule is C=CCC1c2ccccc2CCN1CCC(=O)C(=[N+]=[N-])C(=O)OCC. The van der Waals surface area contributed by atoms with Gasteiger partial charge in [-0.15, -0.1) is 6.58 Å². The first-order chi connectivity index (χ1) is 12.1. The molecular weight excluding hydrogens is 318 g/mol. The summed E-state index contributed by atoms with van der Waals surface area (Å²) in [5.41, 5.74) is 11.0. The molecule has 0 N–H and O–H groups in total. The van der Waals surface area contributed by atoms with E-state index in [-0.39, 0.29) is 19.1 Å². The molecule has 0 bridgehead atoms. The molecule has 0 radical (unpaired) electrons. The van der Waals surface area contributed by atoms with Gasteiger partial charge in [-0.1, -0.05) is 30.3 Å². The minimum absolute atomic E-state index is 0.0913. The van der Waals surface area contributed by atoms with Crippen LogP contribution in [0.15, 0.2) is 36.9 Å². The second kappa shape index (κ2) is 9.06. The number of carbonyl (C=O) groups is 2. The van der Waals surface area contributed by atoms with Gasteiger partial charge < -0.3 is 10.3 Å². The lowest BCUT2D eigenvalue weighted by Gasteiger charge is -2.36. The lowest BCUT2D eigenvalue weighted by molar-refractivity contribution is -0.141. The number of Topliss-reactive ketones (excluding diaryl/α,β-unsaturated/α-hetero) is 1. The minimum Gasteiger partial charge on any atom is -0.457 e. The highest BCUT2D eigenvalue weighted by Gasteiger charge is 2.32. The van der Waals surface area contributed by atoms with E-state index in [4.69, 9.17) is 10.3 Å². The fourth-order valence-electron chi connectivity index (χ4n) is 3.18. The lowest BCUT2D eigenvalue weighted by Crippen LogP contribution is -2.38. The van der Waals surface area contributed by atoms with Crippen molar-refractivity contribution in [3.8, 4) is 0 Å². The summed E-state index contributed by atoms with van der Waals surface area (Å²) in [6.45, 7) is 6.89. The number of nitrogens with zero attached hydrogens (tertiary/aromatic N) is 3. The molecule has 0 saturated heterocycles. The van der Waals surface area contributed by atoms with Crippen molar-refractivity contribution in [2.75, 3.05) is 19.7 Å². The van der Waals surface area contributed by atoms with Crippen LogP contribution in [0.4, 0.5) is 0 Å². The van der Waals surface area contributed by atoms with E-state index in [1.165, 1.54) is 11.1 Å². The van der Waals surface area contributed by atoms with Crippen LogP contribution in [0.1, 0.15) is 36.9 Å². The average molecular weight is 341 g/mol. The zero-order chi connectivity index (χ0) is 18.2. The molecule has 2 rings (SSSR count). The molecule has 1 atom stereocenters. The first-order valence-corrected chi connectivity index (χ1v) is 8.47. The van der Waals surface area contributed by atoms with Crippen LogP contribution in [0.25, 0.3) is 5.53 Å². The Morgan fingerprint density at radius 1 is 1.44 bits per heavy atom. The van der Waals surface area contributed by atoms with Crippen molar-refractivity contribution in [1.29, 1.82) is 0 Å². The van der Waals surface area contributed by atoms with E-state index in [0.29, 0.717) is 6.54 Å². The highest BCUT2D eigenvalue weighted by molar-refractivity contribution is 6.62. The van der Waals surface area contributed by atoms with Crippen LogP contribution in [-0.4, -0.2) is 46.9 Å². The Balaban J connectivity index is 2.07. The number of fused-ring (bicyclic) bond motifs is 1. The molecule has 1 aromatic carbocycles. The number of ketones is 1. The Kier molecular flexibility index (Phi) is 6.81. The molecule has 0 fully saturated rings. The first-order valence-electron chi connectivity index (χ1n) is 8.47. The Morgan fingerprint density at radius 2 is 2.20 bits per heavy atom. The van der Waals surface area contributed by atoms with Crippen LogP contribution in [0.3, 0.4) is 0 Å². The second-order valence-electron chi connectivity index (χ2n) is 5.87. The number of benzene rings is 1. The fourth-order valence-corrected chi connectivity index (χ4v) is 3.18. The zero-order valence-electron chi connectivity index (χ0n) is 14.5. The second-order valence-corrected chi connectivity index (χ2v) is 5.87. The van der Waals surface area contributed by atoms with Crippen molar-refractivity contribution >= 4 is 17.5 Å². The van der Waals surface area contributed by atoms with Crippen LogP contribution in [0.5, 0.6) is 0 Å². The number of esters is 1. The quantitative estimate of drug-likeness (QED) is 0.181. The third-order valence-electron chi connectivity index (χ3n) is 4.37. The Bertz CT molecular complexity index is 708. The topological polar surface area (TPSA) is 83.0 Å². The fraction of sp³-hybridized carbons (Fsp3) is 0.421. The molecule has 1 aliphatic heterocycles. The predicted octanol–water partition coefficient (Wildman–Crippen LogP) is 2.36. The van der Waals surface area contributed by atoms with E-state index in [1.54, 1.807) is 6.92 Å². The van der Waals surface area contributed by atoms with Crippen LogP contribution in [0.2, 0.25) is 0 Å². The van der Waals surface area contributed by atoms with E-state index in [1.807, 2.05) is 18.2 Å². The number of rotatable bonds is 8. The summed E-state index contributed by atoms with van der Waals surface area (Å²) in [6, 6.07) is 8.45. The van der Waals surface area contributed by atoms with Gasteiger partial charge in [0.15, 0.2) is 0 Å². The van der Waals surface area contributed by atoms with Gasteiger partial charge in [0.2, 0.25) is 0 Å². The van der Waals surface area contributed by atoms with Gasteiger partial charge >= 0.3 is 11.7 Å². The van der Waals surface area contributed by atoms with Gasteiger partial charge in [0, 0.05) is 25.6 Å². The lowest BCUT2D eigenvalue weighted by atomic mass is 9.90. The summed E-state index contributed by atoms with van der Waals surface area (Å²) in [6.07, 6.45) is 3.66. The van der Waals surface area contributed by atoms with Crippen LogP contribution in [-0.2, 0) is 20.7 Å². The number of hydrogen-bond donors (Lipinski definition) is 0. The normalized spacial score (nSPS) is 16.4. The molecule has 0 aromatic heterocycles. The van der Waals surface area contributed by atoms with E-state index in [0.717, 1.165) is 19.4 Å². The maximum Gasteiger partial charge on any atom is 0.441 e. The molecule has 1 aliphatic rings. The smallest absolute Gasteiger partial charge is 0.441 e. The molecule has 132 valence electrons. The summed E-state index contributed by atoms with van der Waals surface area (Å²) in [7, 11) is 0. The summed E-state index contributed by atoms with van der Waals surface area (Å²) >= 11 is 0. The molecule has 1 unspecified atom stereocenters. The molecule has 0 saturated carbocycles. The molecule has 25 heavy (non-hydrogen) atoms. The van der Waals surface area contributed by atoms with Crippen molar-refractivity contribution in [2.45, 2.75) is 32.2 Å². The van der Waals surface area contributed by atoms with Gasteiger partial charge in [0.25, 0.3) is 5.78 Å². The summed E-state index contributed by atoms with van der Waals surface area (Å²) in [5, 5.41) is 0. The molecule has 0 amide bonds. The highest BCUT2D eigenvalue weighted by atomic mass is 16.5. The van der Waals surface area contributed by atoms with Crippen LogP contribution in [0, 0.1) is 0 Å². The van der Waals surface area contributed by atoms with Crippen molar-refractivity contribution < 1.29 is 19.1 Å². The number of hydrogen-bond acceptors (Lipinski definition) is 4. The summed E-state index contributed by atoms with van der Waals surface area (Å²) in [5.74, 6) is -1.40. The van der Waals surface area contributed by atoms with Crippen molar-refractivity contribution in [1.82, 2.24) is 4.90 Å². The molecule has 0 spiro atoms. The van der Waals surface area contributed by atoms with Crippen molar-refractivity contribution in [3.63, 3.8) is 0 Å². The highest BCUT2D eigenvalue weighted by Crippen LogP contribution is 2.32. The zero-order valence-corrected chi connectivity index (χ0v) is 14.5. The van der Waals surface area contributed by atoms with E-state index >= 15 is 0 Å². The third kappa shape index (κ3) is 4.50. The average Bonchev–Trinajstić information content (AvgIpc) is 2.62. The van der Waals surface area contributed by atoms with Gasteiger partial charge in [0.1, 0.15) is 0 Å². The monoisotopic (exact) mass is 341 g/mol. The molecular formula is C19H23N3O3. The molecule has 1 aromatic rings. The van der Waals surface area contributed by atoms with Crippen LogP contribution < -0.4 is 0 Å². The standard InChI is InChI=1S/C19H23N3O3/c1-3-7-16-15-9-6-5-8-14(15)10-12-22(16)13-11-17(23)18(21-20)19(24)25-4-2/h3,5-6,8-9,16H,1,4,7,10-13H2,2H3. The van der Waals surface area contributed by atoms with Gasteiger partial charge in [-0.25, -0.2) is 4.79 Å². The first kappa shape index (κ1) is 18.8. The molecule has 0 aliphatic carbocycles. The van der Waals surface area contributed by atoms with Crippen LogP contribution >= 0.6 is 0 Å². The molecule has 6 heteroatoms. The maximum absolute atomic E-state index is 12.2. The molecule has 6 nitrogen and oxygen atoms in total.